The van der Waals surface area contributed by atoms with Crippen LogP contribution in [0.2, 0.25) is 0 Å². The van der Waals surface area contributed by atoms with Crippen LogP contribution >= 0.6 is 15.9 Å². The van der Waals surface area contributed by atoms with E-state index in [0.29, 0.717) is 43.8 Å². The molecule has 33 heavy (non-hydrogen) atoms. The second-order valence-corrected chi connectivity index (χ2v) is 7.80. The summed E-state index contributed by atoms with van der Waals surface area (Å²) in [6.07, 6.45) is 0. The smallest absolute Gasteiger partial charge is 0.280 e. The standard InChI is InChI=1S/C24H20BrN3O5/c1-31-15-9-10-18(25)17(13-15)23(29)27-28-22(14-8-11-20(32-2)21(12-14)33-3)26-19-7-5-4-6-16(19)24(28)30/h4-13H,1-3H3,(H,27,29). The Labute approximate surface area is 197 Å². The van der Waals surface area contributed by atoms with Crippen molar-refractivity contribution in [2.45, 2.75) is 0 Å². The van der Waals surface area contributed by atoms with Crippen molar-refractivity contribution >= 4 is 32.7 Å². The summed E-state index contributed by atoms with van der Waals surface area (Å²) in [6.45, 7) is 0. The molecular weight excluding hydrogens is 490 g/mol. The molecule has 0 unspecified atom stereocenters. The lowest BCUT2D eigenvalue weighted by Gasteiger charge is -2.16. The SMILES string of the molecule is COc1ccc(Br)c(C(=O)Nn2c(-c3ccc(OC)c(OC)c3)nc3ccccc3c2=O)c1. The Morgan fingerprint density at radius 2 is 1.70 bits per heavy atom. The van der Waals surface area contributed by atoms with Gasteiger partial charge < -0.3 is 14.2 Å². The van der Waals surface area contributed by atoms with Crippen LogP contribution in [0.1, 0.15) is 10.4 Å². The quantitative estimate of drug-likeness (QED) is 0.418. The minimum atomic E-state index is -0.512. The van der Waals surface area contributed by atoms with Crippen molar-refractivity contribution in [3.8, 4) is 28.6 Å². The molecule has 0 atom stereocenters. The molecule has 1 heterocycles. The van der Waals surface area contributed by atoms with Gasteiger partial charge in [-0.15, -0.1) is 0 Å². The molecule has 4 rings (SSSR count). The van der Waals surface area contributed by atoms with E-state index in [9.17, 15) is 9.59 Å². The van der Waals surface area contributed by atoms with Crippen LogP contribution in [0.3, 0.4) is 0 Å². The first kappa shape index (κ1) is 22.3. The molecule has 0 saturated heterocycles. The minimum Gasteiger partial charge on any atom is -0.497 e. The maximum Gasteiger partial charge on any atom is 0.280 e. The van der Waals surface area contributed by atoms with Gasteiger partial charge in [0, 0.05) is 10.0 Å². The maximum atomic E-state index is 13.4. The summed E-state index contributed by atoms with van der Waals surface area (Å²) in [5, 5.41) is 0.367. The summed E-state index contributed by atoms with van der Waals surface area (Å²) >= 11 is 3.38. The predicted molar refractivity (Wildman–Crippen MR) is 129 cm³/mol. The largest absolute Gasteiger partial charge is 0.497 e. The second-order valence-electron chi connectivity index (χ2n) is 6.95. The van der Waals surface area contributed by atoms with Gasteiger partial charge in [0.25, 0.3) is 11.5 Å². The summed E-state index contributed by atoms with van der Waals surface area (Å²) < 4.78 is 17.6. The van der Waals surface area contributed by atoms with E-state index in [1.165, 1.54) is 21.3 Å². The van der Waals surface area contributed by atoms with E-state index in [1.54, 1.807) is 60.7 Å². The van der Waals surface area contributed by atoms with Crippen molar-refractivity contribution in [2.75, 3.05) is 26.8 Å². The topological polar surface area (TPSA) is 91.7 Å². The van der Waals surface area contributed by atoms with Gasteiger partial charge in [0.1, 0.15) is 5.75 Å². The molecule has 4 aromatic rings. The number of amides is 1. The number of benzene rings is 3. The van der Waals surface area contributed by atoms with E-state index in [2.05, 4.69) is 26.3 Å². The lowest BCUT2D eigenvalue weighted by molar-refractivity contribution is 0.101. The van der Waals surface area contributed by atoms with E-state index in [0.717, 1.165) is 4.68 Å². The summed E-state index contributed by atoms with van der Waals surface area (Å²) in [5.74, 6) is 1.23. The van der Waals surface area contributed by atoms with Crippen LogP contribution in [0.4, 0.5) is 0 Å². The molecule has 0 aliphatic heterocycles. The average Bonchev–Trinajstić information content (AvgIpc) is 2.85. The fraction of sp³-hybridized carbons (Fsp3) is 0.125. The highest BCUT2D eigenvalue weighted by atomic mass is 79.9. The van der Waals surface area contributed by atoms with Crippen molar-refractivity contribution < 1.29 is 19.0 Å². The lowest BCUT2D eigenvalue weighted by Crippen LogP contribution is -2.35. The van der Waals surface area contributed by atoms with E-state index in [1.807, 2.05) is 0 Å². The summed E-state index contributed by atoms with van der Waals surface area (Å²) in [4.78, 5) is 31.2. The third kappa shape index (κ3) is 4.27. The van der Waals surface area contributed by atoms with Crippen molar-refractivity contribution in [3.63, 3.8) is 0 Å². The normalized spacial score (nSPS) is 10.7. The number of carbonyl (C=O) groups is 1. The Hall–Kier alpha value is -3.85. The minimum absolute atomic E-state index is 0.243. The number of methoxy groups -OCH3 is 3. The zero-order valence-corrected chi connectivity index (χ0v) is 19.7. The van der Waals surface area contributed by atoms with Gasteiger partial charge in [0.2, 0.25) is 0 Å². The number of hydrogen-bond acceptors (Lipinski definition) is 6. The number of nitrogens with one attached hydrogen (secondary N) is 1. The molecule has 9 heteroatoms. The molecule has 1 N–H and O–H groups in total. The zero-order valence-electron chi connectivity index (χ0n) is 18.1. The number of rotatable bonds is 6. The zero-order chi connectivity index (χ0) is 23.5. The van der Waals surface area contributed by atoms with E-state index < -0.39 is 11.5 Å². The Morgan fingerprint density at radius 3 is 2.42 bits per heavy atom. The molecule has 0 aliphatic rings. The van der Waals surface area contributed by atoms with Gasteiger partial charge in [-0.2, -0.15) is 4.68 Å². The highest BCUT2D eigenvalue weighted by molar-refractivity contribution is 9.10. The fourth-order valence-electron chi connectivity index (χ4n) is 3.37. The highest BCUT2D eigenvalue weighted by Crippen LogP contribution is 2.32. The molecule has 3 aromatic carbocycles. The van der Waals surface area contributed by atoms with E-state index in [4.69, 9.17) is 14.2 Å². The molecule has 1 amide bonds. The maximum absolute atomic E-state index is 13.4. The number of fused-ring (bicyclic) bond motifs is 1. The summed E-state index contributed by atoms with van der Waals surface area (Å²) in [5.41, 5.74) is 3.63. The summed E-state index contributed by atoms with van der Waals surface area (Å²) in [6, 6.07) is 17.1. The Kier molecular flexibility index (Phi) is 6.32. The van der Waals surface area contributed by atoms with Gasteiger partial charge >= 0.3 is 0 Å². The van der Waals surface area contributed by atoms with Gasteiger partial charge in [-0.1, -0.05) is 12.1 Å². The molecule has 0 bridgehead atoms. The monoisotopic (exact) mass is 509 g/mol. The average molecular weight is 510 g/mol. The molecular formula is C24H20BrN3O5. The van der Waals surface area contributed by atoms with Gasteiger partial charge in [0.15, 0.2) is 17.3 Å². The Bertz CT molecular complexity index is 1420. The van der Waals surface area contributed by atoms with Crippen molar-refractivity contribution in [1.29, 1.82) is 0 Å². The van der Waals surface area contributed by atoms with E-state index >= 15 is 0 Å². The number of para-hydroxylation sites is 1. The summed E-state index contributed by atoms with van der Waals surface area (Å²) in [7, 11) is 4.57. The molecule has 0 spiro atoms. The number of aromatic nitrogens is 2. The van der Waals surface area contributed by atoms with Crippen LogP contribution in [0.5, 0.6) is 17.2 Å². The third-order valence-corrected chi connectivity index (χ3v) is 5.74. The number of halogens is 1. The molecule has 1 aromatic heterocycles. The number of hydrogen-bond donors (Lipinski definition) is 1. The first-order chi connectivity index (χ1) is 16.0. The lowest BCUT2D eigenvalue weighted by atomic mass is 10.1. The first-order valence-corrected chi connectivity index (χ1v) is 10.6. The Morgan fingerprint density at radius 1 is 0.939 bits per heavy atom. The number of ether oxygens (including phenoxy) is 3. The van der Waals surface area contributed by atoms with Crippen LogP contribution < -0.4 is 25.2 Å². The number of nitrogens with zero attached hydrogens (tertiary/aromatic N) is 2. The van der Waals surface area contributed by atoms with Crippen molar-refractivity contribution in [1.82, 2.24) is 9.66 Å². The predicted octanol–water partition coefficient (Wildman–Crippen LogP) is 4.24. The molecule has 0 saturated carbocycles. The second kappa shape index (κ2) is 9.33. The third-order valence-electron chi connectivity index (χ3n) is 5.05. The first-order valence-electron chi connectivity index (χ1n) is 9.86. The van der Waals surface area contributed by atoms with Crippen LogP contribution in [-0.4, -0.2) is 36.9 Å². The Balaban J connectivity index is 1.90. The molecule has 168 valence electrons. The van der Waals surface area contributed by atoms with Crippen molar-refractivity contribution in [3.05, 3.63) is 81.1 Å². The van der Waals surface area contributed by atoms with Crippen LogP contribution in [-0.2, 0) is 0 Å². The highest BCUT2D eigenvalue weighted by Gasteiger charge is 2.19. The van der Waals surface area contributed by atoms with Crippen molar-refractivity contribution in [2.24, 2.45) is 0 Å². The van der Waals surface area contributed by atoms with Gasteiger partial charge in [-0.3, -0.25) is 15.0 Å². The van der Waals surface area contributed by atoms with Crippen LogP contribution in [0, 0.1) is 0 Å². The van der Waals surface area contributed by atoms with E-state index in [-0.39, 0.29) is 5.82 Å². The van der Waals surface area contributed by atoms with Crippen LogP contribution in [0.25, 0.3) is 22.3 Å². The molecule has 0 aliphatic carbocycles. The fourth-order valence-corrected chi connectivity index (χ4v) is 3.80. The van der Waals surface area contributed by atoms with Gasteiger partial charge in [-0.25, -0.2) is 4.98 Å². The van der Waals surface area contributed by atoms with Crippen LogP contribution in [0.15, 0.2) is 69.9 Å². The van der Waals surface area contributed by atoms with Gasteiger partial charge in [-0.05, 0) is 64.5 Å². The van der Waals surface area contributed by atoms with Gasteiger partial charge in [0.05, 0.1) is 37.8 Å². The molecule has 0 fully saturated rings. The molecule has 8 nitrogen and oxygen atoms in total. The molecule has 0 radical (unpaired) electrons. The number of carbonyl (C=O) groups excluding carboxylic acids is 1.